The van der Waals surface area contributed by atoms with Gasteiger partial charge in [0, 0.05) is 25.4 Å². The second kappa shape index (κ2) is 7.13. The fraction of sp³-hybridized carbons (Fsp3) is 0.263. The molecule has 0 atom stereocenters. The third-order valence-corrected chi connectivity index (χ3v) is 6.23. The van der Waals surface area contributed by atoms with E-state index in [2.05, 4.69) is 9.82 Å². The maximum absolute atomic E-state index is 12.7. The molecule has 1 heterocycles. The predicted molar refractivity (Wildman–Crippen MR) is 102 cm³/mol. The first-order valence-corrected chi connectivity index (χ1v) is 9.94. The first-order chi connectivity index (χ1) is 12.7. The number of hydrogen-bond donors (Lipinski definition) is 2. The van der Waals surface area contributed by atoms with Crippen LogP contribution in [0.2, 0.25) is 0 Å². The predicted octanol–water partition coefficient (Wildman–Crippen LogP) is 2.41. The second-order valence-electron chi connectivity index (χ2n) is 6.46. The van der Waals surface area contributed by atoms with Crippen molar-refractivity contribution in [2.75, 3.05) is 6.54 Å². The number of hydrogen-bond acceptors (Lipinski definition) is 4. The summed E-state index contributed by atoms with van der Waals surface area (Å²) in [6.45, 7) is 3.53. The lowest BCUT2D eigenvalue weighted by molar-refractivity contribution is 0.0696. The minimum absolute atomic E-state index is 0.00854. The van der Waals surface area contributed by atoms with Crippen LogP contribution in [0.4, 0.5) is 0 Å². The zero-order valence-electron chi connectivity index (χ0n) is 15.4. The van der Waals surface area contributed by atoms with E-state index in [-0.39, 0.29) is 17.0 Å². The molecule has 0 radical (unpaired) electrons. The molecule has 0 saturated heterocycles. The summed E-state index contributed by atoms with van der Waals surface area (Å²) < 4.78 is 29.7. The van der Waals surface area contributed by atoms with E-state index in [4.69, 9.17) is 0 Å². The molecular weight excluding hydrogens is 366 g/mol. The fourth-order valence-electron chi connectivity index (χ4n) is 3.08. The van der Waals surface area contributed by atoms with Crippen molar-refractivity contribution >= 4 is 26.9 Å². The number of carbonyl (C=O) groups is 1. The van der Waals surface area contributed by atoms with Crippen LogP contribution in [0.15, 0.2) is 41.3 Å². The van der Waals surface area contributed by atoms with Gasteiger partial charge in [-0.25, -0.2) is 17.9 Å². The molecule has 0 spiro atoms. The molecule has 142 valence electrons. The van der Waals surface area contributed by atoms with Gasteiger partial charge in [0.25, 0.3) is 0 Å². The number of sulfonamides is 1. The average Bonchev–Trinajstić information content (AvgIpc) is 2.93. The topological polar surface area (TPSA) is 101 Å². The highest BCUT2D eigenvalue weighted by atomic mass is 32.2. The van der Waals surface area contributed by atoms with E-state index in [0.717, 1.165) is 16.6 Å². The van der Waals surface area contributed by atoms with Gasteiger partial charge in [0.05, 0.1) is 21.7 Å². The lowest BCUT2D eigenvalue weighted by Crippen LogP contribution is -2.27. The van der Waals surface area contributed by atoms with Gasteiger partial charge in [-0.3, -0.25) is 4.68 Å². The molecule has 3 rings (SSSR count). The van der Waals surface area contributed by atoms with Crippen molar-refractivity contribution in [1.29, 1.82) is 0 Å². The number of aryl methyl sites for hydroxylation is 2. The summed E-state index contributed by atoms with van der Waals surface area (Å²) in [5, 5.41) is 14.6. The summed E-state index contributed by atoms with van der Waals surface area (Å²) in [6.07, 6.45) is 0.428. The molecule has 0 aliphatic heterocycles. The Morgan fingerprint density at radius 3 is 2.63 bits per heavy atom. The Labute approximate surface area is 157 Å². The van der Waals surface area contributed by atoms with Gasteiger partial charge in [-0.05, 0) is 43.2 Å². The zero-order chi connectivity index (χ0) is 19.8. The number of nitrogens with one attached hydrogen (secondary N) is 1. The first kappa shape index (κ1) is 19.1. The second-order valence-corrected chi connectivity index (χ2v) is 8.19. The highest BCUT2D eigenvalue weighted by Gasteiger charge is 2.20. The Morgan fingerprint density at radius 2 is 1.93 bits per heavy atom. The van der Waals surface area contributed by atoms with E-state index in [0.29, 0.717) is 17.5 Å². The van der Waals surface area contributed by atoms with Crippen molar-refractivity contribution in [2.45, 2.75) is 25.2 Å². The summed E-state index contributed by atoms with van der Waals surface area (Å²) >= 11 is 0. The van der Waals surface area contributed by atoms with Gasteiger partial charge in [0.1, 0.15) is 0 Å². The molecular formula is C19H21N3O4S. The molecule has 0 aliphatic carbocycles. The molecule has 0 amide bonds. The molecule has 0 bridgehead atoms. The average molecular weight is 387 g/mol. The van der Waals surface area contributed by atoms with Gasteiger partial charge in [-0.2, -0.15) is 5.10 Å². The molecule has 27 heavy (non-hydrogen) atoms. The molecule has 3 aromatic rings. The van der Waals surface area contributed by atoms with Crippen LogP contribution in [0.3, 0.4) is 0 Å². The number of para-hydroxylation sites is 1. The number of fused-ring (bicyclic) bond motifs is 1. The maximum Gasteiger partial charge on any atom is 0.335 e. The van der Waals surface area contributed by atoms with Crippen molar-refractivity contribution in [3.63, 3.8) is 0 Å². The Hall–Kier alpha value is -2.71. The number of nitrogens with zero attached hydrogens (tertiary/aromatic N) is 2. The van der Waals surface area contributed by atoms with E-state index >= 15 is 0 Å². The third-order valence-electron chi connectivity index (χ3n) is 4.64. The van der Waals surface area contributed by atoms with Crippen LogP contribution in [-0.4, -0.2) is 35.8 Å². The summed E-state index contributed by atoms with van der Waals surface area (Å²) in [7, 11) is -1.99. The monoisotopic (exact) mass is 387 g/mol. The van der Waals surface area contributed by atoms with E-state index in [1.807, 2.05) is 31.3 Å². The van der Waals surface area contributed by atoms with Crippen LogP contribution in [-0.2, 0) is 23.5 Å². The lowest BCUT2D eigenvalue weighted by Gasteiger charge is -2.12. The fourth-order valence-corrected chi connectivity index (χ4v) is 4.46. The van der Waals surface area contributed by atoms with Crippen molar-refractivity contribution < 1.29 is 18.3 Å². The van der Waals surface area contributed by atoms with Crippen molar-refractivity contribution in [1.82, 2.24) is 14.5 Å². The quantitative estimate of drug-likeness (QED) is 0.676. The molecule has 8 heteroatoms. The van der Waals surface area contributed by atoms with Crippen LogP contribution in [0.25, 0.3) is 10.9 Å². The van der Waals surface area contributed by atoms with Crippen LogP contribution in [0.1, 0.15) is 27.2 Å². The maximum atomic E-state index is 12.7. The summed E-state index contributed by atoms with van der Waals surface area (Å²) in [5.41, 5.74) is 2.90. The number of rotatable bonds is 6. The minimum Gasteiger partial charge on any atom is -0.478 e. The van der Waals surface area contributed by atoms with Gasteiger partial charge in [0.15, 0.2) is 0 Å². The van der Waals surface area contributed by atoms with Crippen LogP contribution < -0.4 is 4.72 Å². The van der Waals surface area contributed by atoms with E-state index < -0.39 is 16.0 Å². The van der Waals surface area contributed by atoms with E-state index in [9.17, 15) is 18.3 Å². The van der Waals surface area contributed by atoms with E-state index in [1.165, 1.54) is 12.1 Å². The molecule has 2 aromatic carbocycles. The molecule has 0 saturated carbocycles. The zero-order valence-corrected chi connectivity index (χ0v) is 16.2. The molecule has 7 nitrogen and oxygen atoms in total. The van der Waals surface area contributed by atoms with Crippen LogP contribution >= 0.6 is 0 Å². The lowest BCUT2D eigenvalue weighted by atomic mass is 10.1. The smallest absolute Gasteiger partial charge is 0.335 e. The number of aromatic carboxylic acids is 1. The van der Waals surface area contributed by atoms with Crippen LogP contribution in [0.5, 0.6) is 0 Å². The molecule has 2 N–H and O–H groups in total. The summed E-state index contributed by atoms with van der Waals surface area (Å²) in [4.78, 5) is 11.2. The number of aromatic nitrogens is 2. The number of benzene rings is 2. The van der Waals surface area contributed by atoms with Crippen molar-refractivity contribution in [3.05, 3.63) is 58.8 Å². The summed E-state index contributed by atoms with van der Waals surface area (Å²) in [6, 6.07) is 10.4. The largest absolute Gasteiger partial charge is 0.478 e. The van der Waals surface area contributed by atoms with Gasteiger partial charge in [-0.15, -0.1) is 0 Å². The van der Waals surface area contributed by atoms with Crippen molar-refractivity contribution in [3.8, 4) is 0 Å². The molecule has 0 unspecified atom stereocenters. The van der Waals surface area contributed by atoms with Gasteiger partial charge in [0.2, 0.25) is 10.0 Å². The minimum atomic E-state index is -3.83. The highest BCUT2D eigenvalue weighted by molar-refractivity contribution is 7.89. The van der Waals surface area contributed by atoms with Gasteiger partial charge < -0.3 is 5.11 Å². The Kier molecular flexibility index (Phi) is 5.03. The Morgan fingerprint density at radius 1 is 1.22 bits per heavy atom. The normalized spacial score (nSPS) is 11.8. The SMILES string of the molecule is Cc1cc(C(=O)O)cc(S(=O)(=O)NCCc2nn(C)c3ccccc23)c1C. The Bertz CT molecular complexity index is 1130. The first-order valence-electron chi connectivity index (χ1n) is 8.45. The number of carboxylic acid groups (broad SMARTS) is 1. The Balaban J connectivity index is 1.82. The van der Waals surface area contributed by atoms with Crippen LogP contribution in [0, 0.1) is 13.8 Å². The highest BCUT2D eigenvalue weighted by Crippen LogP contribution is 2.22. The van der Waals surface area contributed by atoms with Crippen molar-refractivity contribution in [2.24, 2.45) is 7.05 Å². The number of carboxylic acids is 1. The third kappa shape index (κ3) is 3.72. The standard InChI is InChI=1S/C19H21N3O4S/c1-12-10-14(19(23)24)11-18(13(12)2)27(25,26)20-9-8-16-15-6-4-5-7-17(15)22(3)21-16/h4-7,10-11,20H,8-9H2,1-3H3,(H,23,24). The van der Waals surface area contributed by atoms with E-state index in [1.54, 1.807) is 18.5 Å². The molecule has 0 fully saturated rings. The molecule has 1 aromatic heterocycles. The van der Waals surface area contributed by atoms with Gasteiger partial charge >= 0.3 is 5.97 Å². The summed E-state index contributed by atoms with van der Waals surface area (Å²) in [5.74, 6) is -1.16. The molecule has 0 aliphatic rings. The van der Waals surface area contributed by atoms with Gasteiger partial charge in [-0.1, -0.05) is 18.2 Å².